The van der Waals surface area contributed by atoms with Gasteiger partial charge in [-0.05, 0) is 33.6 Å². The van der Waals surface area contributed by atoms with Crippen molar-refractivity contribution in [2.45, 2.75) is 52.1 Å². The first-order chi connectivity index (χ1) is 7.02. The molecule has 2 N–H and O–H groups in total. The van der Waals surface area contributed by atoms with E-state index in [1.165, 1.54) is 0 Å². The van der Waals surface area contributed by atoms with Crippen LogP contribution in [0, 0.1) is 5.41 Å². The molecule has 1 atom stereocenters. The lowest BCUT2D eigenvalue weighted by Crippen LogP contribution is -2.50. The molecule has 0 aromatic rings. The van der Waals surface area contributed by atoms with E-state index < -0.39 is 0 Å². The number of amides is 1. The predicted molar refractivity (Wildman–Crippen MR) is 61.0 cm³/mol. The monoisotopic (exact) mass is 211 g/mol. The summed E-state index contributed by atoms with van der Waals surface area (Å²) in [6.07, 6.45) is 2.97. The standard InChI is InChI=1S/C11H21N3O/c1-8(2)13-11(15)9(3)14-7-5-4-6-10(14)12/h8-9,12H,4-7H2,1-3H3,(H,13,15). The minimum atomic E-state index is -0.208. The maximum atomic E-state index is 11.7. The average molecular weight is 211 g/mol. The average Bonchev–Trinajstić information content (AvgIpc) is 2.16. The fraction of sp³-hybridized carbons (Fsp3) is 0.818. The number of nitrogens with zero attached hydrogens (tertiary/aromatic N) is 1. The van der Waals surface area contributed by atoms with E-state index in [4.69, 9.17) is 5.41 Å². The topological polar surface area (TPSA) is 56.2 Å². The van der Waals surface area contributed by atoms with E-state index in [0.717, 1.165) is 25.8 Å². The number of likely N-dealkylation sites (tertiary alicyclic amines) is 1. The van der Waals surface area contributed by atoms with Crippen LogP contribution in [0.15, 0.2) is 0 Å². The first-order valence-corrected chi connectivity index (χ1v) is 5.67. The Bertz CT molecular complexity index is 250. The van der Waals surface area contributed by atoms with Crippen LogP contribution in [0.3, 0.4) is 0 Å². The summed E-state index contributed by atoms with van der Waals surface area (Å²) < 4.78 is 0. The lowest BCUT2D eigenvalue weighted by atomic mass is 10.1. The van der Waals surface area contributed by atoms with Crippen LogP contribution in [0.1, 0.15) is 40.0 Å². The summed E-state index contributed by atoms with van der Waals surface area (Å²) in [6.45, 7) is 6.61. The van der Waals surface area contributed by atoms with Gasteiger partial charge >= 0.3 is 0 Å². The van der Waals surface area contributed by atoms with E-state index in [0.29, 0.717) is 5.84 Å². The number of amidine groups is 1. The molecule has 0 saturated carbocycles. The maximum absolute atomic E-state index is 11.7. The van der Waals surface area contributed by atoms with Gasteiger partial charge in [0.2, 0.25) is 5.91 Å². The first kappa shape index (κ1) is 12.0. The van der Waals surface area contributed by atoms with Gasteiger partial charge in [0, 0.05) is 19.0 Å². The summed E-state index contributed by atoms with van der Waals surface area (Å²) in [6, 6.07) is -0.0425. The highest BCUT2D eigenvalue weighted by Gasteiger charge is 2.25. The molecule has 1 aliphatic rings. The van der Waals surface area contributed by atoms with Crippen LogP contribution < -0.4 is 5.32 Å². The zero-order valence-corrected chi connectivity index (χ0v) is 9.84. The zero-order chi connectivity index (χ0) is 11.4. The summed E-state index contributed by atoms with van der Waals surface area (Å²) in [5.41, 5.74) is 0. The number of carbonyl (C=O) groups is 1. The van der Waals surface area contributed by atoms with E-state index in [1.54, 1.807) is 0 Å². The summed E-state index contributed by atoms with van der Waals surface area (Å²) in [5.74, 6) is 0.629. The Morgan fingerprint density at radius 1 is 1.40 bits per heavy atom. The zero-order valence-electron chi connectivity index (χ0n) is 9.84. The number of piperidine rings is 1. The smallest absolute Gasteiger partial charge is 0.242 e. The van der Waals surface area contributed by atoms with Crippen LogP contribution in [0.2, 0.25) is 0 Å². The van der Waals surface area contributed by atoms with E-state index in [1.807, 2.05) is 25.7 Å². The number of rotatable bonds is 3. The number of carbonyl (C=O) groups excluding carboxylic acids is 1. The number of hydrogen-bond acceptors (Lipinski definition) is 2. The second-order valence-electron chi connectivity index (χ2n) is 4.44. The Morgan fingerprint density at radius 3 is 2.60 bits per heavy atom. The van der Waals surface area contributed by atoms with Gasteiger partial charge in [-0.25, -0.2) is 0 Å². The molecule has 0 aromatic carbocycles. The van der Waals surface area contributed by atoms with E-state index in [9.17, 15) is 4.79 Å². The third-order valence-electron chi connectivity index (χ3n) is 2.69. The van der Waals surface area contributed by atoms with Gasteiger partial charge in [-0.1, -0.05) is 0 Å². The van der Waals surface area contributed by atoms with Gasteiger partial charge in [0.25, 0.3) is 0 Å². The first-order valence-electron chi connectivity index (χ1n) is 5.67. The van der Waals surface area contributed by atoms with Crippen molar-refractivity contribution in [2.75, 3.05) is 6.54 Å². The molecule has 1 saturated heterocycles. The van der Waals surface area contributed by atoms with Crippen molar-refractivity contribution in [3.05, 3.63) is 0 Å². The molecule has 1 rings (SSSR count). The van der Waals surface area contributed by atoms with Gasteiger partial charge in [-0.3, -0.25) is 10.2 Å². The van der Waals surface area contributed by atoms with Crippen LogP contribution in [-0.4, -0.2) is 35.3 Å². The van der Waals surface area contributed by atoms with Gasteiger partial charge in [-0.2, -0.15) is 0 Å². The Kier molecular flexibility index (Phi) is 4.12. The van der Waals surface area contributed by atoms with Crippen LogP contribution in [0.5, 0.6) is 0 Å². The van der Waals surface area contributed by atoms with Crippen molar-refractivity contribution in [3.8, 4) is 0 Å². The van der Waals surface area contributed by atoms with Crippen molar-refractivity contribution < 1.29 is 4.79 Å². The molecule has 1 amide bonds. The molecule has 0 aromatic heterocycles. The largest absolute Gasteiger partial charge is 0.352 e. The molecule has 1 fully saturated rings. The minimum Gasteiger partial charge on any atom is -0.352 e. The second kappa shape index (κ2) is 5.14. The lowest BCUT2D eigenvalue weighted by Gasteiger charge is -2.34. The summed E-state index contributed by atoms with van der Waals surface area (Å²) in [7, 11) is 0. The highest BCUT2D eigenvalue weighted by molar-refractivity contribution is 5.88. The van der Waals surface area contributed by atoms with Crippen LogP contribution in [0.25, 0.3) is 0 Å². The van der Waals surface area contributed by atoms with Gasteiger partial charge in [0.15, 0.2) is 0 Å². The highest BCUT2D eigenvalue weighted by atomic mass is 16.2. The van der Waals surface area contributed by atoms with Crippen molar-refractivity contribution in [1.82, 2.24) is 10.2 Å². The van der Waals surface area contributed by atoms with Crippen LogP contribution in [0.4, 0.5) is 0 Å². The van der Waals surface area contributed by atoms with E-state index >= 15 is 0 Å². The second-order valence-corrected chi connectivity index (χ2v) is 4.44. The predicted octanol–water partition coefficient (Wildman–Crippen LogP) is 1.36. The molecule has 4 heteroatoms. The van der Waals surface area contributed by atoms with Crippen molar-refractivity contribution in [3.63, 3.8) is 0 Å². The number of hydrogen-bond donors (Lipinski definition) is 2. The molecule has 1 heterocycles. The Morgan fingerprint density at radius 2 is 2.07 bits per heavy atom. The molecular weight excluding hydrogens is 190 g/mol. The molecule has 1 aliphatic heterocycles. The fourth-order valence-corrected chi connectivity index (χ4v) is 1.83. The Balaban J connectivity index is 2.54. The van der Waals surface area contributed by atoms with E-state index in [2.05, 4.69) is 5.32 Å². The van der Waals surface area contributed by atoms with Crippen molar-refractivity contribution in [1.29, 1.82) is 5.41 Å². The third-order valence-corrected chi connectivity index (χ3v) is 2.69. The molecule has 1 unspecified atom stereocenters. The highest BCUT2D eigenvalue weighted by Crippen LogP contribution is 2.14. The fourth-order valence-electron chi connectivity index (χ4n) is 1.83. The maximum Gasteiger partial charge on any atom is 0.242 e. The molecule has 0 aliphatic carbocycles. The third kappa shape index (κ3) is 3.22. The van der Waals surface area contributed by atoms with Crippen molar-refractivity contribution in [2.24, 2.45) is 0 Å². The summed E-state index contributed by atoms with van der Waals surface area (Å²) in [5, 5.41) is 10.7. The normalized spacial score (nSPS) is 19.2. The van der Waals surface area contributed by atoms with Gasteiger partial charge in [0.1, 0.15) is 6.04 Å². The number of nitrogens with one attached hydrogen (secondary N) is 2. The summed E-state index contributed by atoms with van der Waals surface area (Å²) >= 11 is 0. The molecule has 15 heavy (non-hydrogen) atoms. The van der Waals surface area contributed by atoms with Gasteiger partial charge in [-0.15, -0.1) is 0 Å². The Labute approximate surface area is 91.5 Å². The van der Waals surface area contributed by atoms with Gasteiger partial charge in [0.05, 0.1) is 5.84 Å². The van der Waals surface area contributed by atoms with E-state index in [-0.39, 0.29) is 18.0 Å². The molecule has 0 spiro atoms. The quantitative estimate of drug-likeness (QED) is 0.740. The molecule has 86 valence electrons. The molecule has 0 bridgehead atoms. The molecular formula is C11H21N3O. The minimum absolute atomic E-state index is 0.0247. The van der Waals surface area contributed by atoms with Gasteiger partial charge < -0.3 is 10.2 Å². The Hall–Kier alpha value is -1.06. The summed E-state index contributed by atoms with van der Waals surface area (Å²) in [4.78, 5) is 13.7. The molecule has 0 radical (unpaired) electrons. The van der Waals surface area contributed by atoms with Crippen LogP contribution in [-0.2, 0) is 4.79 Å². The molecule has 4 nitrogen and oxygen atoms in total. The van der Waals surface area contributed by atoms with Crippen molar-refractivity contribution >= 4 is 11.7 Å². The lowest BCUT2D eigenvalue weighted by molar-refractivity contribution is -0.125. The van der Waals surface area contributed by atoms with Crippen LogP contribution >= 0.6 is 0 Å². The SMILES string of the molecule is CC(C)NC(=O)C(C)N1CCCCC1=N.